The quantitative estimate of drug-likeness (QED) is 0.763. The summed E-state index contributed by atoms with van der Waals surface area (Å²) in [7, 11) is 0. The molecule has 2 aromatic rings. The van der Waals surface area contributed by atoms with Crippen LogP contribution in [-0.4, -0.2) is 5.11 Å². The molecule has 114 valence electrons. The lowest BCUT2D eigenvalue weighted by molar-refractivity contribution is 0.0786. The Balaban J connectivity index is 0.00000106. The van der Waals surface area contributed by atoms with Gasteiger partial charge in [0.25, 0.3) is 0 Å². The van der Waals surface area contributed by atoms with Crippen molar-refractivity contribution >= 4 is 0 Å². The summed E-state index contributed by atoms with van der Waals surface area (Å²) in [5.74, 6) is 0.562. The van der Waals surface area contributed by atoms with Gasteiger partial charge in [0.1, 0.15) is 0 Å². The number of hydrogen-bond acceptors (Lipinski definition) is 1. The van der Waals surface area contributed by atoms with E-state index in [1.807, 2.05) is 26.0 Å². The second-order valence-electron chi connectivity index (χ2n) is 5.91. The van der Waals surface area contributed by atoms with Crippen molar-refractivity contribution in [1.29, 1.82) is 0 Å². The Kier molecular flexibility index (Phi) is 6.17. The molecular formula is C20H28O. The monoisotopic (exact) mass is 284 g/mol. The van der Waals surface area contributed by atoms with Gasteiger partial charge in [-0.15, -0.1) is 0 Å². The summed E-state index contributed by atoms with van der Waals surface area (Å²) in [4.78, 5) is 0. The summed E-state index contributed by atoms with van der Waals surface area (Å²) >= 11 is 0. The van der Waals surface area contributed by atoms with E-state index in [0.717, 1.165) is 5.56 Å². The van der Waals surface area contributed by atoms with Crippen LogP contribution in [0.3, 0.4) is 0 Å². The molecular weight excluding hydrogens is 256 g/mol. The van der Waals surface area contributed by atoms with Gasteiger partial charge in [-0.3, -0.25) is 0 Å². The van der Waals surface area contributed by atoms with Crippen LogP contribution in [0.2, 0.25) is 0 Å². The van der Waals surface area contributed by atoms with E-state index < -0.39 is 5.60 Å². The molecule has 2 aromatic carbocycles. The molecule has 0 aromatic heterocycles. The molecule has 0 fully saturated rings. The molecule has 21 heavy (non-hydrogen) atoms. The van der Waals surface area contributed by atoms with Gasteiger partial charge in [-0.25, -0.2) is 0 Å². The minimum absolute atomic E-state index is 0.562. The first kappa shape index (κ1) is 17.5. The van der Waals surface area contributed by atoms with Crippen molar-refractivity contribution in [3.8, 4) is 11.1 Å². The lowest BCUT2D eigenvalue weighted by Crippen LogP contribution is -2.14. The summed E-state index contributed by atoms with van der Waals surface area (Å²) in [6.45, 7) is 12.0. The summed E-state index contributed by atoms with van der Waals surface area (Å²) in [5.41, 5.74) is 3.92. The maximum Gasteiger partial charge on any atom is 0.0840 e. The van der Waals surface area contributed by atoms with E-state index in [1.165, 1.54) is 16.7 Å². The topological polar surface area (TPSA) is 20.2 Å². The van der Waals surface area contributed by atoms with Crippen LogP contribution in [0.15, 0.2) is 48.5 Å². The van der Waals surface area contributed by atoms with E-state index in [0.29, 0.717) is 5.92 Å². The van der Waals surface area contributed by atoms with Crippen LogP contribution in [0.1, 0.15) is 58.6 Å². The van der Waals surface area contributed by atoms with Gasteiger partial charge in [0.2, 0.25) is 0 Å². The summed E-state index contributed by atoms with van der Waals surface area (Å²) in [6.07, 6.45) is 0. The molecule has 0 unspecified atom stereocenters. The van der Waals surface area contributed by atoms with Gasteiger partial charge in [0.15, 0.2) is 0 Å². The van der Waals surface area contributed by atoms with Crippen molar-refractivity contribution in [1.82, 2.24) is 0 Å². The Morgan fingerprint density at radius 3 is 1.48 bits per heavy atom. The highest BCUT2D eigenvalue weighted by Crippen LogP contribution is 2.26. The van der Waals surface area contributed by atoms with Crippen molar-refractivity contribution in [2.45, 2.75) is 53.1 Å². The second kappa shape index (κ2) is 7.42. The number of rotatable bonds is 3. The average molecular weight is 284 g/mol. The van der Waals surface area contributed by atoms with Gasteiger partial charge in [0, 0.05) is 0 Å². The van der Waals surface area contributed by atoms with Gasteiger partial charge >= 0.3 is 0 Å². The van der Waals surface area contributed by atoms with Crippen molar-refractivity contribution in [3.05, 3.63) is 59.7 Å². The van der Waals surface area contributed by atoms with E-state index in [2.05, 4.69) is 50.2 Å². The Morgan fingerprint density at radius 2 is 1.14 bits per heavy atom. The van der Waals surface area contributed by atoms with Crippen LogP contribution >= 0.6 is 0 Å². The molecule has 1 N–H and O–H groups in total. The van der Waals surface area contributed by atoms with Crippen LogP contribution in [-0.2, 0) is 5.60 Å². The molecule has 0 aliphatic rings. The number of hydrogen-bond donors (Lipinski definition) is 1. The molecule has 0 aliphatic heterocycles. The molecule has 0 bridgehead atoms. The summed E-state index contributed by atoms with van der Waals surface area (Å²) in [5, 5.41) is 9.95. The molecule has 0 spiro atoms. The van der Waals surface area contributed by atoms with Crippen molar-refractivity contribution in [2.75, 3.05) is 0 Å². The molecule has 1 heteroatoms. The standard InChI is InChI=1S/C18H22O.C2H6/c1-13(2)14-5-7-15(8-6-14)16-9-11-17(12-10-16)18(3,4)19;1-2/h5-13,19H,1-4H3;1-2H3. The highest BCUT2D eigenvalue weighted by molar-refractivity contribution is 5.64. The lowest BCUT2D eigenvalue weighted by Gasteiger charge is -2.18. The van der Waals surface area contributed by atoms with E-state index in [4.69, 9.17) is 0 Å². The number of benzene rings is 2. The first-order valence-corrected chi connectivity index (χ1v) is 7.81. The Bertz CT molecular complexity index is 528. The predicted molar refractivity (Wildman–Crippen MR) is 92.6 cm³/mol. The first-order chi connectivity index (χ1) is 9.88. The molecule has 0 radical (unpaired) electrons. The SMILES string of the molecule is CC.CC(C)c1ccc(-c2ccc(C(C)(C)O)cc2)cc1. The van der Waals surface area contributed by atoms with Crippen molar-refractivity contribution < 1.29 is 5.11 Å². The Hall–Kier alpha value is -1.60. The maximum absolute atomic E-state index is 9.95. The highest BCUT2D eigenvalue weighted by Gasteiger charge is 2.15. The molecule has 1 nitrogen and oxygen atoms in total. The lowest BCUT2D eigenvalue weighted by atomic mass is 9.94. The zero-order valence-electron chi connectivity index (χ0n) is 14.1. The van der Waals surface area contributed by atoms with Gasteiger partial charge in [-0.05, 0) is 42.0 Å². The fourth-order valence-corrected chi connectivity index (χ4v) is 2.13. The minimum Gasteiger partial charge on any atom is -0.386 e. The fourth-order valence-electron chi connectivity index (χ4n) is 2.13. The van der Waals surface area contributed by atoms with E-state index >= 15 is 0 Å². The predicted octanol–water partition coefficient (Wildman–Crippen LogP) is 5.73. The van der Waals surface area contributed by atoms with Crippen molar-refractivity contribution in [2.24, 2.45) is 0 Å². The number of aliphatic hydroxyl groups is 1. The van der Waals surface area contributed by atoms with Crippen LogP contribution < -0.4 is 0 Å². The highest BCUT2D eigenvalue weighted by atomic mass is 16.3. The van der Waals surface area contributed by atoms with Gasteiger partial charge < -0.3 is 5.11 Å². The molecule has 0 aliphatic carbocycles. The first-order valence-electron chi connectivity index (χ1n) is 7.81. The third kappa shape index (κ3) is 4.71. The molecule has 0 atom stereocenters. The smallest absolute Gasteiger partial charge is 0.0840 e. The van der Waals surface area contributed by atoms with Crippen LogP contribution in [0.4, 0.5) is 0 Å². The molecule has 0 amide bonds. The normalized spacial score (nSPS) is 11.0. The van der Waals surface area contributed by atoms with Crippen LogP contribution in [0.5, 0.6) is 0 Å². The van der Waals surface area contributed by atoms with Gasteiger partial charge in [-0.1, -0.05) is 76.2 Å². The third-order valence-corrected chi connectivity index (χ3v) is 3.50. The second-order valence-corrected chi connectivity index (χ2v) is 5.91. The summed E-state index contributed by atoms with van der Waals surface area (Å²) in [6, 6.07) is 16.8. The van der Waals surface area contributed by atoms with E-state index in [9.17, 15) is 5.11 Å². The molecule has 0 heterocycles. The molecule has 0 saturated carbocycles. The zero-order chi connectivity index (χ0) is 16.0. The maximum atomic E-state index is 9.95. The fraction of sp³-hybridized carbons (Fsp3) is 0.400. The molecule has 2 rings (SSSR count). The third-order valence-electron chi connectivity index (χ3n) is 3.50. The van der Waals surface area contributed by atoms with E-state index in [1.54, 1.807) is 13.8 Å². The summed E-state index contributed by atoms with van der Waals surface area (Å²) < 4.78 is 0. The van der Waals surface area contributed by atoms with Crippen LogP contribution in [0, 0.1) is 0 Å². The van der Waals surface area contributed by atoms with Crippen molar-refractivity contribution in [3.63, 3.8) is 0 Å². The van der Waals surface area contributed by atoms with Gasteiger partial charge in [-0.2, -0.15) is 0 Å². The van der Waals surface area contributed by atoms with Gasteiger partial charge in [0.05, 0.1) is 5.60 Å². The molecule has 0 saturated heterocycles. The average Bonchev–Trinajstić information content (AvgIpc) is 2.49. The zero-order valence-corrected chi connectivity index (χ0v) is 14.1. The largest absolute Gasteiger partial charge is 0.386 e. The Labute approximate surface area is 129 Å². The van der Waals surface area contributed by atoms with E-state index in [-0.39, 0.29) is 0 Å². The Morgan fingerprint density at radius 1 is 0.762 bits per heavy atom. The van der Waals surface area contributed by atoms with Crippen LogP contribution in [0.25, 0.3) is 11.1 Å². The minimum atomic E-state index is -0.778.